The molecule has 1 aromatic carbocycles. The zero-order valence-corrected chi connectivity index (χ0v) is 13.2. The van der Waals surface area contributed by atoms with Crippen molar-refractivity contribution in [3.8, 4) is 5.75 Å². The highest BCUT2D eigenvalue weighted by Crippen LogP contribution is 2.24. The van der Waals surface area contributed by atoms with Crippen LogP contribution in [0, 0.1) is 0 Å². The van der Waals surface area contributed by atoms with E-state index >= 15 is 0 Å². The van der Waals surface area contributed by atoms with Gasteiger partial charge < -0.3 is 10.5 Å². The fourth-order valence-electron chi connectivity index (χ4n) is 1.94. The van der Waals surface area contributed by atoms with Crippen LogP contribution >= 0.6 is 0 Å². The Bertz CT molecular complexity index is 567. The van der Waals surface area contributed by atoms with Crippen molar-refractivity contribution in [2.45, 2.75) is 45.7 Å². The van der Waals surface area contributed by atoms with Gasteiger partial charge in [-0.3, -0.25) is 0 Å². The lowest BCUT2D eigenvalue weighted by Crippen LogP contribution is -2.11. The summed E-state index contributed by atoms with van der Waals surface area (Å²) in [6.07, 6.45) is 1.86. The average molecular weight is 288 g/mol. The zero-order chi connectivity index (χ0) is 15.5. The summed E-state index contributed by atoms with van der Waals surface area (Å²) in [5.41, 5.74) is 8.00. The van der Waals surface area contributed by atoms with E-state index in [0.717, 1.165) is 11.4 Å². The van der Waals surface area contributed by atoms with Crippen LogP contribution in [0.4, 0.5) is 0 Å². The summed E-state index contributed by atoms with van der Waals surface area (Å²) < 4.78 is 7.48. The third-order valence-corrected chi connectivity index (χ3v) is 3.33. The van der Waals surface area contributed by atoms with E-state index in [0.29, 0.717) is 13.2 Å². The van der Waals surface area contributed by atoms with Crippen molar-refractivity contribution in [3.63, 3.8) is 0 Å². The maximum absolute atomic E-state index is 5.75. The number of ether oxygens (including phenoxy) is 1. The van der Waals surface area contributed by atoms with Crippen molar-refractivity contribution in [1.29, 1.82) is 0 Å². The molecule has 0 fully saturated rings. The topological polar surface area (TPSA) is 66.0 Å². The maximum Gasteiger partial charge on any atom is 0.119 e. The molecule has 21 heavy (non-hydrogen) atoms. The van der Waals surface area contributed by atoms with E-state index in [4.69, 9.17) is 10.5 Å². The SMILES string of the molecule is CC(N)c1cn(CCOc2ccc(C(C)(C)C)cc2)nn1. The molecular weight excluding hydrogens is 264 g/mol. The van der Waals surface area contributed by atoms with Crippen LogP contribution in [0.15, 0.2) is 30.5 Å². The van der Waals surface area contributed by atoms with E-state index in [1.165, 1.54) is 5.56 Å². The molecule has 2 N–H and O–H groups in total. The largest absolute Gasteiger partial charge is 0.492 e. The molecule has 0 saturated carbocycles. The minimum Gasteiger partial charge on any atom is -0.492 e. The molecule has 0 aliphatic rings. The lowest BCUT2D eigenvalue weighted by Gasteiger charge is -2.19. The fraction of sp³-hybridized carbons (Fsp3) is 0.500. The molecular formula is C16H24N4O. The Morgan fingerprint density at radius 1 is 1.24 bits per heavy atom. The third kappa shape index (κ3) is 4.29. The Balaban J connectivity index is 1.85. The number of benzene rings is 1. The van der Waals surface area contributed by atoms with Crippen LogP contribution in [0.3, 0.4) is 0 Å². The predicted molar refractivity (Wildman–Crippen MR) is 83.3 cm³/mol. The molecule has 0 radical (unpaired) electrons. The molecule has 0 spiro atoms. The van der Waals surface area contributed by atoms with Gasteiger partial charge >= 0.3 is 0 Å². The van der Waals surface area contributed by atoms with Gasteiger partial charge in [0.2, 0.25) is 0 Å². The Kier molecular flexibility index (Phi) is 4.63. The predicted octanol–water partition coefficient (Wildman–Crippen LogP) is 2.67. The fourth-order valence-corrected chi connectivity index (χ4v) is 1.94. The minimum absolute atomic E-state index is 0.0930. The first-order chi connectivity index (χ1) is 9.86. The van der Waals surface area contributed by atoms with Crippen LogP contribution in [0.25, 0.3) is 0 Å². The van der Waals surface area contributed by atoms with Gasteiger partial charge in [-0.15, -0.1) is 5.10 Å². The van der Waals surface area contributed by atoms with E-state index in [2.05, 4.69) is 43.2 Å². The Hall–Kier alpha value is -1.88. The van der Waals surface area contributed by atoms with E-state index in [-0.39, 0.29) is 11.5 Å². The Morgan fingerprint density at radius 2 is 1.90 bits per heavy atom. The summed E-state index contributed by atoms with van der Waals surface area (Å²) >= 11 is 0. The molecule has 0 amide bonds. The van der Waals surface area contributed by atoms with Gasteiger partial charge in [0.1, 0.15) is 12.4 Å². The molecule has 1 aromatic heterocycles. The average Bonchev–Trinajstić information content (AvgIpc) is 2.87. The second-order valence-electron chi connectivity index (χ2n) is 6.32. The molecule has 2 aromatic rings. The van der Waals surface area contributed by atoms with Gasteiger partial charge in [0.15, 0.2) is 0 Å². The van der Waals surface area contributed by atoms with Crippen molar-refractivity contribution in [1.82, 2.24) is 15.0 Å². The minimum atomic E-state index is -0.0930. The van der Waals surface area contributed by atoms with E-state index in [1.807, 2.05) is 25.3 Å². The highest BCUT2D eigenvalue weighted by Gasteiger charge is 2.12. The summed E-state index contributed by atoms with van der Waals surface area (Å²) in [5, 5.41) is 8.03. The second-order valence-corrected chi connectivity index (χ2v) is 6.32. The number of nitrogens with zero attached hydrogens (tertiary/aromatic N) is 3. The van der Waals surface area contributed by atoms with Gasteiger partial charge in [-0.2, -0.15) is 0 Å². The van der Waals surface area contributed by atoms with Crippen LogP contribution < -0.4 is 10.5 Å². The van der Waals surface area contributed by atoms with Gasteiger partial charge in [0, 0.05) is 6.04 Å². The summed E-state index contributed by atoms with van der Waals surface area (Å²) in [6.45, 7) is 9.69. The van der Waals surface area contributed by atoms with Crippen molar-refractivity contribution in [2.75, 3.05) is 6.61 Å². The van der Waals surface area contributed by atoms with Crippen LogP contribution in [0.5, 0.6) is 5.75 Å². The molecule has 0 saturated heterocycles. The first kappa shape index (κ1) is 15.5. The van der Waals surface area contributed by atoms with Crippen molar-refractivity contribution in [2.24, 2.45) is 5.73 Å². The van der Waals surface area contributed by atoms with Crippen LogP contribution in [0.1, 0.15) is 45.0 Å². The number of rotatable bonds is 5. The van der Waals surface area contributed by atoms with Gasteiger partial charge in [-0.25, -0.2) is 4.68 Å². The normalized spacial score (nSPS) is 13.2. The number of hydrogen-bond donors (Lipinski definition) is 1. The van der Waals surface area contributed by atoms with Crippen LogP contribution in [-0.2, 0) is 12.0 Å². The zero-order valence-electron chi connectivity index (χ0n) is 13.2. The van der Waals surface area contributed by atoms with E-state index in [1.54, 1.807) is 4.68 Å². The summed E-state index contributed by atoms with van der Waals surface area (Å²) in [6, 6.07) is 8.15. The standard InChI is InChI=1S/C16H24N4O/c1-12(17)15-11-20(19-18-15)9-10-21-14-7-5-13(6-8-14)16(2,3)4/h5-8,11-12H,9-10,17H2,1-4H3. The van der Waals surface area contributed by atoms with Crippen molar-refractivity contribution in [3.05, 3.63) is 41.7 Å². The molecule has 114 valence electrons. The molecule has 0 bridgehead atoms. The highest BCUT2D eigenvalue weighted by molar-refractivity contribution is 5.31. The smallest absolute Gasteiger partial charge is 0.119 e. The summed E-state index contributed by atoms with van der Waals surface area (Å²) in [4.78, 5) is 0. The monoisotopic (exact) mass is 288 g/mol. The van der Waals surface area contributed by atoms with Gasteiger partial charge in [0.25, 0.3) is 0 Å². The van der Waals surface area contributed by atoms with Gasteiger partial charge in [-0.1, -0.05) is 38.1 Å². The first-order valence-corrected chi connectivity index (χ1v) is 7.25. The molecule has 0 aliphatic carbocycles. The van der Waals surface area contributed by atoms with Gasteiger partial charge in [-0.05, 0) is 30.0 Å². The van der Waals surface area contributed by atoms with Crippen molar-refractivity contribution >= 4 is 0 Å². The molecule has 5 heteroatoms. The molecule has 0 aliphatic heterocycles. The van der Waals surface area contributed by atoms with Crippen LogP contribution in [0.2, 0.25) is 0 Å². The summed E-state index contributed by atoms with van der Waals surface area (Å²) in [7, 11) is 0. The van der Waals surface area contributed by atoms with Crippen LogP contribution in [-0.4, -0.2) is 21.6 Å². The quantitative estimate of drug-likeness (QED) is 0.918. The molecule has 1 atom stereocenters. The Morgan fingerprint density at radius 3 is 2.43 bits per heavy atom. The lowest BCUT2D eigenvalue weighted by molar-refractivity contribution is 0.289. The summed E-state index contributed by atoms with van der Waals surface area (Å²) in [5.74, 6) is 0.871. The third-order valence-electron chi connectivity index (χ3n) is 3.33. The molecule has 2 rings (SSSR count). The lowest BCUT2D eigenvalue weighted by atomic mass is 9.87. The molecule has 1 heterocycles. The first-order valence-electron chi connectivity index (χ1n) is 7.25. The highest BCUT2D eigenvalue weighted by atomic mass is 16.5. The molecule has 1 unspecified atom stereocenters. The van der Waals surface area contributed by atoms with Crippen molar-refractivity contribution < 1.29 is 4.74 Å². The number of aromatic nitrogens is 3. The van der Waals surface area contributed by atoms with E-state index in [9.17, 15) is 0 Å². The van der Waals surface area contributed by atoms with Gasteiger partial charge in [0.05, 0.1) is 18.4 Å². The maximum atomic E-state index is 5.75. The second kappa shape index (κ2) is 6.26. The molecule has 5 nitrogen and oxygen atoms in total. The number of nitrogens with two attached hydrogens (primary N) is 1. The Labute approximate surface area is 126 Å². The van der Waals surface area contributed by atoms with E-state index < -0.39 is 0 Å². The number of hydrogen-bond acceptors (Lipinski definition) is 4.